The van der Waals surface area contributed by atoms with E-state index < -0.39 is 17.7 Å². The Hall–Kier alpha value is -1.26. The summed E-state index contributed by atoms with van der Waals surface area (Å²) < 4.78 is 5.15. The van der Waals surface area contributed by atoms with E-state index in [9.17, 15) is 9.59 Å². The van der Waals surface area contributed by atoms with Gasteiger partial charge in [0.1, 0.15) is 11.6 Å². The van der Waals surface area contributed by atoms with Crippen LogP contribution in [0.3, 0.4) is 0 Å². The van der Waals surface area contributed by atoms with Crippen LogP contribution in [0.15, 0.2) is 0 Å². The molecule has 1 rings (SSSR count). The molecule has 0 aliphatic heterocycles. The van der Waals surface area contributed by atoms with Gasteiger partial charge in [0, 0.05) is 6.04 Å². The zero-order chi connectivity index (χ0) is 15.9. The molecule has 0 radical (unpaired) electrons. The summed E-state index contributed by atoms with van der Waals surface area (Å²) in [5.74, 6) is -0.133. The van der Waals surface area contributed by atoms with E-state index in [0.29, 0.717) is 0 Å². The normalized spacial score (nSPS) is 19.0. The van der Waals surface area contributed by atoms with E-state index in [1.54, 1.807) is 27.7 Å². The van der Waals surface area contributed by atoms with Gasteiger partial charge in [-0.3, -0.25) is 4.79 Å². The smallest absolute Gasteiger partial charge is 0.408 e. The van der Waals surface area contributed by atoms with E-state index in [0.717, 1.165) is 12.8 Å². The fourth-order valence-corrected chi connectivity index (χ4v) is 2.48. The molecule has 1 aliphatic rings. The molecule has 1 fully saturated rings. The van der Waals surface area contributed by atoms with Crippen LogP contribution in [-0.2, 0) is 9.53 Å². The zero-order valence-electron chi connectivity index (χ0n) is 13.8. The average molecular weight is 298 g/mol. The molecule has 1 aliphatic carbocycles. The number of rotatable bonds is 3. The van der Waals surface area contributed by atoms with Crippen LogP contribution >= 0.6 is 0 Å². The van der Waals surface area contributed by atoms with Gasteiger partial charge in [0.2, 0.25) is 5.91 Å². The Kier molecular flexibility index (Phi) is 6.99. The van der Waals surface area contributed by atoms with Crippen LogP contribution in [0.1, 0.15) is 72.6 Å². The number of carbonyl (C=O) groups excluding carboxylic acids is 2. The number of hydrogen-bond donors (Lipinski definition) is 2. The minimum Gasteiger partial charge on any atom is -0.444 e. The Morgan fingerprint density at radius 2 is 1.57 bits per heavy atom. The SMILES string of the molecule is CC(NC(=O)OC(C)(C)C)C(=O)NC1CCCCCCC1. The van der Waals surface area contributed by atoms with Gasteiger partial charge < -0.3 is 15.4 Å². The Bertz CT molecular complexity index is 342. The zero-order valence-corrected chi connectivity index (χ0v) is 13.8. The van der Waals surface area contributed by atoms with Crippen LogP contribution in [0.4, 0.5) is 4.79 Å². The van der Waals surface area contributed by atoms with E-state index in [1.165, 1.54) is 32.1 Å². The van der Waals surface area contributed by atoms with Crippen LogP contribution in [0.25, 0.3) is 0 Å². The summed E-state index contributed by atoms with van der Waals surface area (Å²) in [6, 6.07) is -0.342. The lowest BCUT2D eigenvalue weighted by Gasteiger charge is -2.24. The van der Waals surface area contributed by atoms with E-state index in [4.69, 9.17) is 4.74 Å². The number of amides is 2. The topological polar surface area (TPSA) is 67.4 Å². The number of nitrogens with one attached hydrogen (secondary N) is 2. The molecule has 0 spiro atoms. The van der Waals surface area contributed by atoms with E-state index in [-0.39, 0.29) is 11.9 Å². The molecule has 2 amide bonds. The minimum atomic E-state index is -0.578. The van der Waals surface area contributed by atoms with Crippen molar-refractivity contribution in [1.29, 1.82) is 0 Å². The van der Waals surface area contributed by atoms with Crippen molar-refractivity contribution >= 4 is 12.0 Å². The first-order valence-corrected chi connectivity index (χ1v) is 8.08. The van der Waals surface area contributed by atoms with Gasteiger partial charge in [-0.1, -0.05) is 32.1 Å². The first-order valence-electron chi connectivity index (χ1n) is 8.08. The Morgan fingerprint density at radius 3 is 2.10 bits per heavy atom. The Morgan fingerprint density at radius 1 is 1.05 bits per heavy atom. The number of ether oxygens (including phenoxy) is 1. The monoisotopic (exact) mass is 298 g/mol. The van der Waals surface area contributed by atoms with Gasteiger partial charge in [-0.05, 0) is 40.5 Å². The van der Waals surface area contributed by atoms with Crippen LogP contribution in [0.2, 0.25) is 0 Å². The fraction of sp³-hybridized carbons (Fsp3) is 0.875. The van der Waals surface area contributed by atoms with Crippen molar-refractivity contribution in [1.82, 2.24) is 10.6 Å². The molecule has 1 atom stereocenters. The largest absolute Gasteiger partial charge is 0.444 e. The molecule has 1 unspecified atom stereocenters. The molecule has 5 nitrogen and oxygen atoms in total. The summed E-state index contributed by atoms with van der Waals surface area (Å²) in [7, 11) is 0. The molecule has 0 bridgehead atoms. The Labute approximate surface area is 128 Å². The van der Waals surface area contributed by atoms with Gasteiger partial charge >= 0.3 is 6.09 Å². The van der Waals surface area contributed by atoms with Crippen molar-refractivity contribution in [3.05, 3.63) is 0 Å². The van der Waals surface area contributed by atoms with Crippen LogP contribution in [0, 0.1) is 0 Å². The number of carbonyl (C=O) groups is 2. The quantitative estimate of drug-likeness (QED) is 0.841. The third-order valence-corrected chi connectivity index (χ3v) is 3.58. The van der Waals surface area contributed by atoms with E-state index in [2.05, 4.69) is 10.6 Å². The molecule has 5 heteroatoms. The summed E-state index contributed by atoms with van der Waals surface area (Å²) >= 11 is 0. The summed E-state index contributed by atoms with van der Waals surface area (Å²) in [6.45, 7) is 7.08. The van der Waals surface area contributed by atoms with Gasteiger partial charge in [0.05, 0.1) is 0 Å². The molecular formula is C16H30N2O3. The lowest BCUT2D eigenvalue weighted by atomic mass is 9.96. The molecule has 21 heavy (non-hydrogen) atoms. The molecule has 0 aromatic heterocycles. The van der Waals surface area contributed by atoms with Crippen LogP contribution in [0.5, 0.6) is 0 Å². The van der Waals surface area contributed by atoms with Crippen LogP contribution < -0.4 is 10.6 Å². The summed E-state index contributed by atoms with van der Waals surface area (Å²) in [4.78, 5) is 23.8. The van der Waals surface area contributed by atoms with Crippen molar-refractivity contribution < 1.29 is 14.3 Å². The predicted molar refractivity (Wildman–Crippen MR) is 83.1 cm³/mol. The maximum Gasteiger partial charge on any atom is 0.408 e. The van der Waals surface area contributed by atoms with Crippen molar-refractivity contribution in [3.63, 3.8) is 0 Å². The summed E-state index contributed by atoms with van der Waals surface area (Å²) in [6.07, 6.45) is 7.64. The second kappa shape index (κ2) is 8.25. The summed E-state index contributed by atoms with van der Waals surface area (Å²) in [5.41, 5.74) is -0.556. The second-order valence-electron chi connectivity index (χ2n) is 6.92. The minimum absolute atomic E-state index is 0.133. The highest BCUT2D eigenvalue weighted by Gasteiger charge is 2.22. The van der Waals surface area contributed by atoms with Crippen molar-refractivity contribution in [3.8, 4) is 0 Å². The van der Waals surface area contributed by atoms with Gasteiger partial charge in [-0.2, -0.15) is 0 Å². The summed E-state index contributed by atoms with van der Waals surface area (Å²) in [5, 5.41) is 5.63. The standard InChI is InChI=1S/C16H30N2O3/c1-12(17-15(20)21-16(2,3)4)14(19)18-13-10-8-6-5-7-9-11-13/h12-13H,5-11H2,1-4H3,(H,17,20)(H,18,19). The lowest BCUT2D eigenvalue weighted by molar-refractivity contribution is -0.123. The number of hydrogen-bond acceptors (Lipinski definition) is 3. The highest BCUT2D eigenvalue weighted by atomic mass is 16.6. The molecule has 2 N–H and O–H groups in total. The van der Waals surface area contributed by atoms with Crippen molar-refractivity contribution in [2.45, 2.75) is 90.3 Å². The lowest BCUT2D eigenvalue weighted by Crippen LogP contribution is -2.49. The number of alkyl carbamates (subject to hydrolysis) is 1. The van der Waals surface area contributed by atoms with Crippen molar-refractivity contribution in [2.24, 2.45) is 0 Å². The first-order chi connectivity index (χ1) is 9.78. The van der Waals surface area contributed by atoms with E-state index in [1.807, 2.05) is 0 Å². The maximum atomic E-state index is 12.1. The highest BCUT2D eigenvalue weighted by molar-refractivity contribution is 5.85. The van der Waals surface area contributed by atoms with Gasteiger partial charge in [0.15, 0.2) is 0 Å². The molecule has 0 aromatic rings. The molecule has 0 saturated heterocycles. The highest BCUT2D eigenvalue weighted by Crippen LogP contribution is 2.17. The molecule has 0 aromatic carbocycles. The van der Waals surface area contributed by atoms with E-state index >= 15 is 0 Å². The molecule has 122 valence electrons. The fourth-order valence-electron chi connectivity index (χ4n) is 2.48. The predicted octanol–water partition coefficient (Wildman–Crippen LogP) is 3.13. The van der Waals surface area contributed by atoms with Crippen molar-refractivity contribution in [2.75, 3.05) is 0 Å². The molecule has 1 saturated carbocycles. The van der Waals surface area contributed by atoms with Crippen LogP contribution in [-0.4, -0.2) is 29.7 Å². The van der Waals surface area contributed by atoms with Gasteiger partial charge in [-0.25, -0.2) is 4.79 Å². The average Bonchev–Trinajstić information content (AvgIpc) is 2.29. The second-order valence-corrected chi connectivity index (χ2v) is 6.92. The third kappa shape index (κ3) is 7.93. The molecular weight excluding hydrogens is 268 g/mol. The van der Waals surface area contributed by atoms with Gasteiger partial charge in [-0.15, -0.1) is 0 Å². The maximum absolute atomic E-state index is 12.1. The molecule has 0 heterocycles. The third-order valence-electron chi connectivity index (χ3n) is 3.58. The van der Waals surface area contributed by atoms with Gasteiger partial charge in [0.25, 0.3) is 0 Å². The Balaban J connectivity index is 2.37. The first kappa shape index (κ1) is 17.8.